The molecule has 0 spiro atoms. The maximum atomic E-state index is 6.49. The smallest absolute Gasteiger partial charge is 0.214 e. The number of ether oxygens (including phenoxy) is 3. The number of hydrogen-bond acceptors (Lipinski definition) is 6. The number of fused-ring (bicyclic) bond motifs is 3. The first-order valence-electron chi connectivity index (χ1n) is 10.3. The Balaban J connectivity index is 1.54. The summed E-state index contributed by atoms with van der Waals surface area (Å²) < 4.78 is 17.9. The normalized spacial score (nSPS) is 19.5. The van der Waals surface area contributed by atoms with Gasteiger partial charge in [-0.15, -0.1) is 0 Å². The molecule has 30 heavy (non-hydrogen) atoms. The standard InChI is InChI=1S/C24H24N2O3S/c1-3-27-18-10-8-16(9-11-18)20-14-21-19-6-5-7-22(28-4-2)23(19)29-24(26(21)25-20)17-12-13-30-15-17/h5-13,15,21,24H,3-4,14H2,1-2H3/t21-,24-/m1/s1. The lowest BCUT2D eigenvalue weighted by Crippen LogP contribution is -2.33. The van der Waals surface area contributed by atoms with Crippen molar-refractivity contribution in [1.29, 1.82) is 0 Å². The van der Waals surface area contributed by atoms with Gasteiger partial charge < -0.3 is 14.2 Å². The Kier molecular flexibility index (Phi) is 5.09. The zero-order valence-electron chi connectivity index (χ0n) is 17.1. The topological polar surface area (TPSA) is 43.3 Å². The van der Waals surface area contributed by atoms with Crippen molar-refractivity contribution in [3.8, 4) is 17.2 Å². The van der Waals surface area contributed by atoms with Crippen LogP contribution in [-0.4, -0.2) is 23.9 Å². The molecule has 2 atom stereocenters. The highest BCUT2D eigenvalue weighted by molar-refractivity contribution is 7.07. The van der Waals surface area contributed by atoms with E-state index in [1.807, 2.05) is 38.1 Å². The largest absolute Gasteiger partial charge is 0.494 e. The Hall–Kier alpha value is -2.99. The molecule has 0 unspecified atom stereocenters. The second-order valence-electron chi connectivity index (χ2n) is 7.24. The lowest BCUT2D eigenvalue weighted by Gasteiger charge is -2.38. The fourth-order valence-electron chi connectivity index (χ4n) is 4.07. The van der Waals surface area contributed by atoms with Crippen LogP contribution >= 0.6 is 11.3 Å². The zero-order valence-corrected chi connectivity index (χ0v) is 17.9. The summed E-state index contributed by atoms with van der Waals surface area (Å²) in [6, 6.07) is 16.5. The minimum absolute atomic E-state index is 0.112. The van der Waals surface area contributed by atoms with Crippen LogP contribution in [0.25, 0.3) is 0 Å². The van der Waals surface area contributed by atoms with Gasteiger partial charge >= 0.3 is 0 Å². The molecule has 2 aromatic carbocycles. The van der Waals surface area contributed by atoms with Gasteiger partial charge in [0.1, 0.15) is 5.75 Å². The van der Waals surface area contributed by atoms with Crippen molar-refractivity contribution in [2.45, 2.75) is 32.5 Å². The molecule has 3 aromatic rings. The fourth-order valence-corrected chi connectivity index (χ4v) is 4.74. The molecule has 1 aromatic heterocycles. The van der Waals surface area contributed by atoms with Gasteiger partial charge in [0.25, 0.3) is 0 Å². The molecule has 5 rings (SSSR count). The van der Waals surface area contributed by atoms with E-state index in [0.717, 1.165) is 46.1 Å². The van der Waals surface area contributed by atoms with Crippen LogP contribution in [0.4, 0.5) is 0 Å². The van der Waals surface area contributed by atoms with E-state index in [1.165, 1.54) is 0 Å². The van der Waals surface area contributed by atoms with Crippen LogP contribution < -0.4 is 14.2 Å². The maximum absolute atomic E-state index is 6.49. The van der Waals surface area contributed by atoms with Crippen LogP contribution in [0.5, 0.6) is 17.2 Å². The minimum Gasteiger partial charge on any atom is -0.494 e. The third kappa shape index (κ3) is 3.31. The summed E-state index contributed by atoms with van der Waals surface area (Å²) in [5.41, 5.74) is 4.40. The molecule has 3 heterocycles. The highest BCUT2D eigenvalue weighted by atomic mass is 32.1. The Labute approximate surface area is 180 Å². The average Bonchev–Trinajstić information content (AvgIpc) is 3.45. The Bertz CT molecular complexity index is 1050. The van der Waals surface area contributed by atoms with Crippen molar-refractivity contribution in [1.82, 2.24) is 5.01 Å². The van der Waals surface area contributed by atoms with Crippen LogP contribution in [-0.2, 0) is 0 Å². The number of nitrogens with zero attached hydrogens (tertiary/aromatic N) is 2. The van der Waals surface area contributed by atoms with E-state index in [2.05, 4.69) is 40.0 Å². The molecular formula is C24H24N2O3S. The van der Waals surface area contributed by atoms with Crippen LogP contribution in [0.15, 0.2) is 64.4 Å². The number of thiophene rings is 1. The van der Waals surface area contributed by atoms with Gasteiger partial charge in [-0.25, -0.2) is 5.01 Å². The van der Waals surface area contributed by atoms with Crippen LogP contribution in [0, 0.1) is 0 Å². The van der Waals surface area contributed by atoms with E-state index in [-0.39, 0.29) is 12.3 Å². The van der Waals surface area contributed by atoms with Gasteiger partial charge in [-0.05, 0) is 66.6 Å². The number of para-hydroxylation sites is 1. The molecule has 0 radical (unpaired) electrons. The van der Waals surface area contributed by atoms with Gasteiger partial charge in [-0.2, -0.15) is 16.4 Å². The summed E-state index contributed by atoms with van der Waals surface area (Å²) in [6.45, 7) is 5.25. The molecule has 2 aliphatic rings. The molecule has 0 saturated carbocycles. The number of benzene rings is 2. The van der Waals surface area contributed by atoms with E-state index in [1.54, 1.807) is 11.3 Å². The number of hydrazone groups is 1. The molecule has 0 saturated heterocycles. The van der Waals surface area contributed by atoms with Crippen LogP contribution in [0.3, 0.4) is 0 Å². The average molecular weight is 421 g/mol. The molecular weight excluding hydrogens is 396 g/mol. The van der Waals surface area contributed by atoms with Gasteiger partial charge in [0, 0.05) is 17.5 Å². The van der Waals surface area contributed by atoms with E-state index < -0.39 is 0 Å². The predicted molar refractivity (Wildman–Crippen MR) is 119 cm³/mol. The second kappa shape index (κ2) is 8.03. The second-order valence-corrected chi connectivity index (χ2v) is 8.02. The fraction of sp³-hybridized carbons (Fsp3) is 0.292. The summed E-state index contributed by atoms with van der Waals surface area (Å²) in [5, 5.41) is 11.3. The molecule has 5 nitrogen and oxygen atoms in total. The van der Waals surface area contributed by atoms with E-state index in [9.17, 15) is 0 Å². The van der Waals surface area contributed by atoms with Crippen LogP contribution in [0.1, 0.15) is 49.2 Å². The van der Waals surface area contributed by atoms with Crippen molar-refractivity contribution in [2.75, 3.05) is 13.2 Å². The van der Waals surface area contributed by atoms with Gasteiger partial charge in [0.15, 0.2) is 11.5 Å². The maximum Gasteiger partial charge on any atom is 0.214 e. The monoisotopic (exact) mass is 420 g/mol. The molecule has 154 valence electrons. The predicted octanol–water partition coefficient (Wildman–Crippen LogP) is 5.79. The van der Waals surface area contributed by atoms with Crippen molar-refractivity contribution >= 4 is 17.0 Å². The lowest BCUT2D eigenvalue weighted by atomic mass is 9.95. The van der Waals surface area contributed by atoms with Gasteiger partial charge in [0.05, 0.1) is 25.0 Å². The summed E-state index contributed by atoms with van der Waals surface area (Å²) in [6.07, 6.45) is 0.552. The Morgan fingerprint density at radius 2 is 1.90 bits per heavy atom. The van der Waals surface area contributed by atoms with Crippen molar-refractivity contribution in [3.05, 3.63) is 76.0 Å². The first kappa shape index (κ1) is 19.0. The molecule has 0 fully saturated rings. The highest BCUT2D eigenvalue weighted by Gasteiger charge is 2.42. The van der Waals surface area contributed by atoms with Gasteiger partial charge in [-0.1, -0.05) is 12.1 Å². The summed E-state index contributed by atoms with van der Waals surface area (Å²) in [4.78, 5) is 0. The lowest BCUT2D eigenvalue weighted by molar-refractivity contribution is -0.0209. The molecule has 0 aliphatic carbocycles. The quantitative estimate of drug-likeness (QED) is 0.506. The minimum atomic E-state index is -0.268. The SMILES string of the molecule is CCOc1ccc(C2=NN3[C@H](C2)c2cccc(OCC)c2O[C@@H]3c2ccsc2)cc1. The van der Waals surface area contributed by atoms with Crippen molar-refractivity contribution in [3.63, 3.8) is 0 Å². The first-order chi connectivity index (χ1) is 14.8. The van der Waals surface area contributed by atoms with Gasteiger partial charge in [-0.3, -0.25) is 0 Å². The molecule has 2 aliphatic heterocycles. The van der Waals surface area contributed by atoms with E-state index >= 15 is 0 Å². The Morgan fingerprint density at radius 3 is 2.63 bits per heavy atom. The van der Waals surface area contributed by atoms with Gasteiger partial charge in [0.2, 0.25) is 6.23 Å². The zero-order chi connectivity index (χ0) is 20.5. The summed E-state index contributed by atoms with van der Waals surface area (Å²) in [5.74, 6) is 2.51. The highest BCUT2D eigenvalue weighted by Crippen LogP contribution is 2.50. The van der Waals surface area contributed by atoms with Crippen LogP contribution in [0.2, 0.25) is 0 Å². The summed E-state index contributed by atoms with van der Waals surface area (Å²) >= 11 is 1.67. The van der Waals surface area contributed by atoms with E-state index in [0.29, 0.717) is 13.2 Å². The molecule has 0 N–H and O–H groups in total. The van der Waals surface area contributed by atoms with E-state index in [4.69, 9.17) is 19.3 Å². The van der Waals surface area contributed by atoms with Crippen molar-refractivity contribution in [2.24, 2.45) is 5.10 Å². The first-order valence-corrected chi connectivity index (χ1v) is 11.3. The summed E-state index contributed by atoms with van der Waals surface area (Å²) in [7, 11) is 0. The Morgan fingerprint density at radius 1 is 1.07 bits per heavy atom. The molecule has 0 amide bonds. The number of rotatable bonds is 6. The third-order valence-electron chi connectivity index (χ3n) is 5.41. The molecule has 6 heteroatoms. The molecule has 0 bridgehead atoms. The third-order valence-corrected chi connectivity index (χ3v) is 6.11. The number of hydrogen-bond donors (Lipinski definition) is 0. The van der Waals surface area contributed by atoms with Crippen molar-refractivity contribution < 1.29 is 14.2 Å².